The predicted molar refractivity (Wildman–Crippen MR) is 122 cm³/mol. The highest BCUT2D eigenvalue weighted by Crippen LogP contribution is 2.28. The number of likely N-dealkylation sites (tertiary alicyclic amines) is 1. The largest absolute Gasteiger partial charge is 0.457 e. The van der Waals surface area contributed by atoms with Crippen molar-refractivity contribution in [3.05, 3.63) is 78.6 Å². The van der Waals surface area contributed by atoms with Crippen LogP contribution >= 0.6 is 0 Å². The van der Waals surface area contributed by atoms with Gasteiger partial charge in [0.25, 0.3) is 0 Å². The number of rotatable bonds is 6. The summed E-state index contributed by atoms with van der Waals surface area (Å²) in [5.74, 6) is 2.03. The third-order valence-corrected chi connectivity index (χ3v) is 5.90. The molecule has 0 amide bonds. The van der Waals surface area contributed by atoms with E-state index >= 15 is 0 Å². The lowest BCUT2D eigenvalue weighted by molar-refractivity contribution is 0.222. The Balaban J connectivity index is 1.40. The van der Waals surface area contributed by atoms with Gasteiger partial charge < -0.3 is 14.2 Å². The molecule has 5 rings (SSSR count). The molecule has 2 heterocycles. The van der Waals surface area contributed by atoms with Crippen molar-refractivity contribution in [1.82, 2.24) is 14.5 Å². The van der Waals surface area contributed by atoms with Gasteiger partial charge in [0.15, 0.2) is 0 Å². The van der Waals surface area contributed by atoms with E-state index in [0.29, 0.717) is 11.5 Å². The van der Waals surface area contributed by atoms with Crippen molar-refractivity contribution < 1.29 is 9.13 Å². The first-order chi connectivity index (χ1) is 15.3. The van der Waals surface area contributed by atoms with E-state index in [1.807, 2.05) is 30.3 Å². The molecule has 0 aliphatic carbocycles. The van der Waals surface area contributed by atoms with Crippen molar-refractivity contribution >= 4 is 11.0 Å². The smallest absolute Gasteiger partial charge is 0.141 e. The Bertz CT molecular complexity index is 1150. The summed E-state index contributed by atoms with van der Waals surface area (Å²) in [5.41, 5.74) is 3.24. The van der Waals surface area contributed by atoms with Crippen molar-refractivity contribution in [2.45, 2.75) is 25.8 Å². The number of hydrogen-bond donors (Lipinski definition) is 0. The summed E-state index contributed by atoms with van der Waals surface area (Å²) in [7, 11) is 0. The fraction of sp³-hybridized carbons (Fsp3) is 0.269. The van der Waals surface area contributed by atoms with Gasteiger partial charge in [-0.3, -0.25) is 0 Å². The van der Waals surface area contributed by atoms with Crippen LogP contribution in [0, 0.1) is 5.82 Å². The Morgan fingerprint density at radius 2 is 1.45 bits per heavy atom. The molecule has 0 radical (unpaired) electrons. The zero-order chi connectivity index (χ0) is 21.0. The Hall–Kier alpha value is -3.18. The van der Waals surface area contributed by atoms with E-state index in [9.17, 15) is 4.39 Å². The molecule has 5 heteroatoms. The van der Waals surface area contributed by atoms with E-state index in [4.69, 9.17) is 9.72 Å². The number of para-hydroxylation sites is 2. The van der Waals surface area contributed by atoms with Crippen LogP contribution in [0.25, 0.3) is 22.4 Å². The average molecular weight is 416 g/mol. The highest BCUT2D eigenvalue weighted by molar-refractivity contribution is 5.80. The van der Waals surface area contributed by atoms with Crippen molar-refractivity contribution in [3.8, 4) is 22.9 Å². The lowest BCUT2D eigenvalue weighted by atomic mass is 10.1. The summed E-state index contributed by atoms with van der Waals surface area (Å²) < 4.78 is 21.3. The zero-order valence-electron chi connectivity index (χ0n) is 17.5. The fourth-order valence-electron chi connectivity index (χ4n) is 4.26. The van der Waals surface area contributed by atoms with Crippen LogP contribution in [0.4, 0.5) is 4.39 Å². The number of nitrogens with zero attached hydrogens (tertiary/aromatic N) is 3. The van der Waals surface area contributed by atoms with Crippen LogP contribution in [0.1, 0.15) is 19.3 Å². The van der Waals surface area contributed by atoms with Crippen molar-refractivity contribution in [3.63, 3.8) is 0 Å². The summed E-state index contributed by atoms with van der Waals surface area (Å²) in [5, 5.41) is 0. The molecule has 1 aliphatic rings. The van der Waals surface area contributed by atoms with Crippen LogP contribution in [0.2, 0.25) is 0 Å². The molecular formula is C26H26FN3O. The molecule has 158 valence electrons. The molecule has 1 saturated heterocycles. The second-order valence-corrected chi connectivity index (χ2v) is 8.06. The molecular weight excluding hydrogens is 389 g/mol. The maximum atomic E-state index is 13.1. The molecule has 1 aliphatic heterocycles. The topological polar surface area (TPSA) is 30.3 Å². The molecule has 0 unspecified atom stereocenters. The normalized spacial score (nSPS) is 14.7. The van der Waals surface area contributed by atoms with Crippen LogP contribution in [0.15, 0.2) is 72.8 Å². The van der Waals surface area contributed by atoms with Gasteiger partial charge in [-0.2, -0.15) is 0 Å². The van der Waals surface area contributed by atoms with Crippen LogP contribution in [0.3, 0.4) is 0 Å². The Morgan fingerprint density at radius 3 is 2.19 bits per heavy atom. The standard InChI is InChI=1S/C26H26FN3O/c27-21-10-14-23(15-11-21)31-22-12-8-20(9-13-22)26-28-24-6-2-3-7-25(24)30(26)19-18-29-16-4-1-5-17-29/h2-3,6-15H,1,4-5,16-19H2. The van der Waals surface area contributed by atoms with E-state index in [-0.39, 0.29) is 5.82 Å². The second-order valence-electron chi connectivity index (χ2n) is 8.06. The van der Waals surface area contributed by atoms with Gasteiger partial charge in [0.2, 0.25) is 0 Å². The van der Waals surface area contributed by atoms with Gasteiger partial charge in [0.1, 0.15) is 23.1 Å². The zero-order valence-corrected chi connectivity index (χ0v) is 17.5. The predicted octanol–water partition coefficient (Wildman–Crippen LogP) is 6.12. The van der Waals surface area contributed by atoms with E-state index in [1.165, 1.54) is 50.0 Å². The number of piperidine rings is 1. The van der Waals surface area contributed by atoms with E-state index in [2.05, 4.69) is 27.7 Å². The van der Waals surface area contributed by atoms with Crippen LogP contribution in [-0.2, 0) is 6.54 Å². The van der Waals surface area contributed by atoms with Gasteiger partial charge in [-0.1, -0.05) is 18.6 Å². The van der Waals surface area contributed by atoms with Crippen molar-refractivity contribution in [2.75, 3.05) is 19.6 Å². The quantitative estimate of drug-likeness (QED) is 0.380. The number of aromatic nitrogens is 2. The van der Waals surface area contributed by atoms with Crippen molar-refractivity contribution in [2.24, 2.45) is 0 Å². The third kappa shape index (κ3) is 4.47. The van der Waals surface area contributed by atoms with Gasteiger partial charge in [-0.05, 0) is 86.6 Å². The molecule has 1 aromatic heterocycles. The summed E-state index contributed by atoms with van der Waals surface area (Å²) >= 11 is 0. The van der Waals surface area contributed by atoms with Crippen LogP contribution in [0.5, 0.6) is 11.5 Å². The first-order valence-corrected chi connectivity index (χ1v) is 11.0. The van der Waals surface area contributed by atoms with Gasteiger partial charge in [-0.25, -0.2) is 9.37 Å². The molecule has 0 saturated carbocycles. The SMILES string of the molecule is Fc1ccc(Oc2ccc(-c3nc4ccccc4n3CCN3CCCCC3)cc2)cc1. The number of halogens is 1. The molecule has 0 spiro atoms. The minimum absolute atomic E-state index is 0.272. The van der Waals surface area contributed by atoms with Crippen LogP contribution in [-0.4, -0.2) is 34.1 Å². The van der Waals surface area contributed by atoms with Gasteiger partial charge in [0.05, 0.1) is 11.0 Å². The first-order valence-electron chi connectivity index (χ1n) is 11.0. The summed E-state index contributed by atoms with van der Waals surface area (Å²) in [6.07, 6.45) is 3.95. The Kier molecular flexibility index (Phi) is 5.67. The lowest BCUT2D eigenvalue weighted by Gasteiger charge is -2.26. The van der Waals surface area contributed by atoms with Crippen LogP contribution < -0.4 is 4.74 Å². The molecule has 3 aromatic carbocycles. The highest BCUT2D eigenvalue weighted by Gasteiger charge is 2.15. The second kappa shape index (κ2) is 8.90. The van der Waals surface area contributed by atoms with Gasteiger partial charge in [0, 0.05) is 18.7 Å². The van der Waals surface area contributed by atoms with Gasteiger partial charge in [-0.15, -0.1) is 0 Å². The number of benzene rings is 3. The number of hydrogen-bond acceptors (Lipinski definition) is 3. The van der Waals surface area contributed by atoms with Gasteiger partial charge >= 0.3 is 0 Å². The number of fused-ring (bicyclic) bond motifs is 1. The average Bonchev–Trinajstić information content (AvgIpc) is 3.19. The monoisotopic (exact) mass is 415 g/mol. The maximum Gasteiger partial charge on any atom is 0.141 e. The third-order valence-electron chi connectivity index (χ3n) is 5.90. The molecule has 0 atom stereocenters. The van der Waals surface area contributed by atoms with E-state index in [1.54, 1.807) is 12.1 Å². The molecule has 0 bridgehead atoms. The molecule has 4 aromatic rings. The van der Waals surface area contributed by atoms with Crippen molar-refractivity contribution in [1.29, 1.82) is 0 Å². The Morgan fingerprint density at radius 1 is 0.774 bits per heavy atom. The fourth-order valence-corrected chi connectivity index (χ4v) is 4.26. The summed E-state index contributed by atoms with van der Waals surface area (Å²) in [6, 6.07) is 22.3. The molecule has 0 N–H and O–H groups in total. The molecule has 4 nitrogen and oxygen atoms in total. The first kappa shape index (κ1) is 19.8. The minimum atomic E-state index is -0.272. The van der Waals surface area contributed by atoms with E-state index < -0.39 is 0 Å². The molecule has 1 fully saturated rings. The number of ether oxygens (including phenoxy) is 1. The maximum absolute atomic E-state index is 13.1. The highest BCUT2D eigenvalue weighted by atomic mass is 19.1. The minimum Gasteiger partial charge on any atom is -0.457 e. The summed E-state index contributed by atoms with van der Waals surface area (Å²) in [4.78, 5) is 7.49. The Labute approximate surface area is 181 Å². The lowest BCUT2D eigenvalue weighted by Crippen LogP contribution is -2.32. The summed E-state index contributed by atoms with van der Waals surface area (Å²) in [6.45, 7) is 4.34. The number of imidazole rings is 1. The molecule has 31 heavy (non-hydrogen) atoms. The van der Waals surface area contributed by atoms with E-state index in [0.717, 1.165) is 30.0 Å².